The molecule has 1 saturated heterocycles. The first kappa shape index (κ1) is 13.1. The summed E-state index contributed by atoms with van der Waals surface area (Å²) >= 11 is 1.65. The molecule has 3 unspecified atom stereocenters. The molecular formula is C14H21N3OS. The third-order valence-corrected chi connectivity index (χ3v) is 5.18. The molecule has 4 nitrogen and oxygen atoms in total. The lowest BCUT2D eigenvalue weighted by Crippen LogP contribution is -2.42. The van der Waals surface area contributed by atoms with Crippen molar-refractivity contribution in [1.82, 2.24) is 15.6 Å². The van der Waals surface area contributed by atoms with Crippen molar-refractivity contribution < 1.29 is 4.79 Å². The Bertz CT molecular complexity index is 445. The van der Waals surface area contributed by atoms with Crippen LogP contribution in [0.5, 0.6) is 0 Å². The van der Waals surface area contributed by atoms with Crippen molar-refractivity contribution in [2.75, 3.05) is 0 Å². The van der Waals surface area contributed by atoms with Gasteiger partial charge < -0.3 is 10.6 Å². The maximum absolute atomic E-state index is 12.2. The van der Waals surface area contributed by atoms with Crippen LogP contribution in [-0.2, 0) is 11.3 Å². The van der Waals surface area contributed by atoms with Crippen molar-refractivity contribution in [3.8, 4) is 0 Å². The zero-order chi connectivity index (χ0) is 13.2. The number of carbonyl (C=O) groups is 1. The molecule has 0 aromatic carbocycles. The van der Waals surface area contributed by atoms with E-state index < -0.39 is 0 Å². The highest BCUT2D eigenvalue weighted by atomic mass is 32.1. The van der Waals surface area contributed by atoms with E-state index >= 15 is 0 Å². The van der Waals surface area contributed by atoms with Crippen LogP contribution in [0.1, 0.15) is 42.0 Å². The molecule has 19 heavy (non-hydrogen) atoms. The molecule has 3 rings (SSSR count). The van der Waals surface area contributed by atoms with Gasteiger partial charge >= 0.3 is 0 Å². The lowest BCUT2D eigenvalue weighted by Gasteiger charge is -2.24. The van der Waals surface area contributed by atoms with E-state index in [0.29, 0.717) is 18.5 Å². The normalized spacial score (nSPS) is 30.1. The quantitative estimate of drug-likeness (QED) is 0.889. The second-order valence-electron chi connectivity index (χ2n) is 5.69. The highest BCUT2D eigenvalue weighted by Gasteiger charge is 2.37. The second kappa shape index (κ2) is 5.59. The molecule has 0 bridgehead atoms. The van der Waals surface area contributed by atoms with Crippen molar-refractivity contribution in [1.29, 1.82) is 0 Å². The molecule has 2 fully saturated rings. The Morgan fingerprint density at radius 3 is 3.11 bits per heavy atom. The summed E-state index contributed by atoms with van der Waals surface area (Å²) in [5.74, 6) is 0.855. The average Bonchev–Trinajstić information content (AvgIpc) is 3.01. The molecule has 1 aromatic heterocycles. The molecule has 1 aliphatic heterocycles. The molecular weight excluding hydrogens is 258 g/mol. The van der Waals surface area contributed by atoms with Crippen molar-refractivity contribution in [2.45, 2.75) is 57.7 Å². The van der Waals surface area contributed by atoms with Gasteiger partial charge in [-0.05, 0) is 32.1 Å². The molecule has 3 atom stereocenters. The molecule has 0 spiro atoms. The van der Waals surface area contributed by atoms with Gasteiger partial charge in [0.05, 0.1) is 12.6 Å². The number of aromatic nitrogens is 1. The van der Waals surface area contributed by atoms with Crippen LogP contribution in [0.3, 0.4) is 0 Å². The van der Waals surface area contributed by atoms with Gasteiger partial charge in [0, 0.05) is 17.1 Å². The maximum atomic E-state index is 12.2. The Morgan fingerprint density at radius 1 is 1.53 bits per heavy atom. The third kappa shape index (κ3) is 2.98. The lowest BCUT2D eigenvalue weighted by atomic mass is 9.85. The average molecular weight is 279 g/mol. The minimum absolute atomic E-state index is 0.00848. The van der Waals surface area contributed by atoms with Crippen LogP contribution in [0.2, 0.25) is 0 Å². The van der Waals surface area contributed by atoms with Crippen LogP contribution < -0.4 is 10.6 Å². The number of fused-ring (bicyclic) bond motifs is 1. The Morgan fingerprint density at radius 2 is 2.37 bits per heavy atom. The number of aryl methyl sites for hydroxylation is 1. The lowest BCUT2D eigenvalue weighted by molar-refractivity contribution is -0.123. The Kier molecular flexibility index (Phi) is 3.84. The van der Waals surface area contributed by atoms with Crippen molar-refractivity contribution in [2.24, 2.45) is 5.92 Å². The molecule has 1 amide bonds. The van der Waals surface area contributed by atoms with Crippen molar-refractivity contribution in [3.63, 3.8) is 0 Å². The van der Waals surface area contributed by atoms with Crippen LogP contribution in [0.15, 0.2) is 6.20 Å². The summed E-state index contributed by atoms with van der Waals surface area (Å²) in [5, 5.41) is 7.50. The second-order valence-corrected chi connectivity index (χ2v) is 7.01. The number of nitrogens with zero attached hydrogens (tertiary/aromatic N) is 1. The first-order valence-corrected chi connectivity index (χ1v) is 7.99. The number of thiazole rings is 1. The SMILES string of the molecule is Cc1cnc(CNC(=O)C2CC3CCCCC3N2)s1. The van der Waals surface area contributed by atoms with E-state index in [-0.39, 0.29) is 11.9 Å². The summed E-state index contributed by atoms with van der Waals surface area (Å²) in [7, 11) is 0. The highest BCUT2D eigenvalue weighted by molar-refractivity contribution is 7.11. The van der Waals surface area contributed by atoms with Crippen LogP contribution in [0.4, 0.5) is 0 Å². The molecule has 2 heterocycles. The van der Waals surface area contributed by atoms with Gasteiger partial charge in [-0.25, -0.2) is 4.98 Å². The van der Waals surface area contributed by atoms with Gasteiger partial charge in [-0.3, -0.25) is 4.79 Å². The van der Waals surface area contributed by atoms with Crippen molar-refractivity contribution in [3.05, 3.63) is 16.1 Å². The van der Waals surface area contributed by atoms with Crippen LogP contribution in [0.25, 0.3) is 0 Å². The van der Waals surface area contributed by atoms with Gasteiger partial charge in [0.1, 0.15) is 5.01 Å². The zero-order valence-corrected chi connectivity index (χ0v) is 12.1. The van der Waals surface area contributed by atoms with Gasteiger partial charge in [0.15, 0.2) is 0 Å². The fourth-order valence-corrected chi connectivity index (χ4v) is 4.02. The largest absolute Gasteiger partial charge is 0.348 e. The van der Waals surface area contributed by atoms with Gasteiger partial charge in [0.2, 0.25) is 5.91 Å². The minimum atomic E-state index is 0.00848. The van der Waals surface area contributed by atoms with Crippen LogP contribution in [0, 0.1) is 12.8 Å². The van der Waals surface area contributed by atoms with E-state index in [4.69, 9.17) is 0 Å². The molecule has 104 valence electrons. The summed E-state index contributed by atoms with van der Waals surface area (Å²) in [6.45, 7) is 2.59. The summed E-state index contributed by atoms with van der Waals surface area (Å²) in [4.78, 5) is 17.6. The Labute approximate surface area is 118 Å². The van der Waals surface area contributed by atoms with E-state index in [1.807, 2.05) is 13.1 Å². The number of nitrogens with one attached hydrogen (secondary N) is 2. The zero-order valence-electron chi connectivity index (χ0n) is 11.3. The van der Waals surface area contributed by atoms with Gasteiger partial charge in [-0.2, -0.15) is 0 Å². The minimum Gasteiger partial charge on any atom is -0.348 e. The fraction of sp³-hybridized carbons (Fsp3) is 0.714. The number of hydrogen-bond donors (Lipinski definition) is 2. The number of rotatable bonds is 3. The number of hydrogen-bond acceptors (Lipinski definition) is 4. The Hall–Kier alpha value is -0.940. The molecule has 0 radical (unpaired) electrons. The molecule has 1 aromatic rings. The van der Waals surface area contributed by atoms with E-state index in [9.17, 15) is 4.79 Å². The van der Waals surface area contributed by atoms with Crippen LogP contribution >= 0.6 is 11.3 Å². The maximum Gasteiger partial charge on any atom is 0.237 e. The Balaban J connectivity index is 1.51. The van der Waals surface area contributed by atoms with E-state index in [0.717, 1.165) is 11.4 Å². The van der Waals surface area contributed by atoms with E-state index in [2.05, 4.69) is 15.6 Å². The monoisotopic (exact) mass is 279 g/mol. The third-order valence-electron chi connectivity index (χ3n) is 4.26. The topological polar surface area (TPSA) is 54.0 Å². The fourth-order valence-electron chi connectivity index (χ4n) is 3.29. The first-order chi connectivity index (χ1) is 9.22. The summed E-state index contributed by atoms with van der Waals surface area (Å²) in [6.07, 6.45) is 8.02. The summed E-state index contributed by atoms with van der Waals surface area (Å²) in [6, 6.07) is 0.584. The number of carbonyl (C=O) groups excluding carboxylic acids is 1. The standard InChI is InChI=1S/C14H21N3OS/c1-9-7-15-13(19-9)8-16-14(18)12-6-10-4-2-3-5-11(10)17-12/h7,10-12,17H,2-6,8H2,1H3,(H,16,18). The molecule has 2 aliphatic rings. The highest BCUT2D eigenvalue weighted by Crippen LogP contribution is 2.33. The summed E-state index contributed by atoms with van der Waals surface area (Å²) < 4.78 is 0. The van der Waals surface area contributed by atoms with Crippen molar-refractivity contribution >= 4 is 17.2 Å². The van der Waals surface area contributed by atoms with Gasteiger partial charge in [0.25, 0.3) is 0 Å². The predicted molar refractivity (Wildman–Crippen MR) is 76.0 cm³/mol. The van der Waals surface area contributed by atoms with Gasteiger partial charge in [-0.15, -0.1) is 11.3 Å². The summed E-state index contributed by atoms with van der Waals surface area (Å²) in [5.41, 5.74) is 0. The number of amides is 1. The first-order valence-electron chi connectivity index (χ1n) is 7.17. The molecule has 2 N–H and O–H groups in total. The predicted octanol–water partition coefficient (Wildman–Crippen LogP) is 1.99. The van der Waals surface area contributed by atoms with E-state index in [1.165, 1.54) is 30.6 Å². The smallest absolute Gasteiger partial charge is 0.237 e. The van der Waals surface area contributed by atoms with Crippen LogP contribution in [-0.4, -0.2) is 23.0 Å². The molecule has 5 heteroatoms. The molecule has 1 saturated carbocycles. The van der Waals surface area contributed by atoms with Gasteiger partial charge in [-0.1, -0.05) is 12.8 Å². The molecule has 1 aliphatic carbocycles. The van der Waals surface area contributed by atoms with E-state index in [1.54, 1.807) is 11.3 Å².